The molecule has 104 valence electrons. The van der Waals surface area contributed by atoms with Crippen molar-refractivity contribution in [3.8, 4) is 11.6 Å². The zero-order chi connectivity index (χ0) is 14.5. The van der Waals surface area contributed by atoms with E-state index in [9.17, 15) is 4.79 Å². The van der Waals surface area contributed by atoms with Crippen molar-refractivity contribution < 1.29 is 14.3 Å². The van der Waals surface area contributed by atoms with Crippen LogP contribution in [0.4, 0.5) is 11.4 Å². The van der Waals surface area contributed by atoms with Crippen molar-refractivity contribution in [2.75, 3.05) is 25.3 Å². The number of nitrogens with zero attached hydrogens (tertiary/aromatic N) is 1. The van der Waals surface area contributed by atoms with Crippen molar-refractivity contribution in [1.29, 1.82) is 0 Å². The number of nitrogens with two attached hydrogens (primary N) is 1. The number of nitrogen functional groups attached to an aromatic ring is 1. The van der Waals surface area contributed by atoms with Crippen LogP contribution >= 0.6 is 0 Å². The minimum Gasteiger partial charge on any atom is -0.496 e. The summed E-state index contributed by atoms with van der Waals surface area (Å²) >= 11 is 0. The van der Waals surface area contributed by atoms with Crippen LogP contribution in [0.15, 0.2) is 36.5 Å². The Hall–Kier alpha value is -2.76. The van der Waals surface area contributed by atoms with Gasteiger partial charge in [-0.15, -0.1) is 0 Å². The molecule has 2 aromatic rings. The lowest BCUT2D eigenvalue weighted by atomic mass is 10.1. The van der Waals surface area contributed by atoms with Crippen LogP contribution in [0, 0.1) is 0 Å². The summed E-state index contributed by atoms with van der Waals surface area (Å²) in [5.41, 5.74) is 7.15. The minimum absolute atomic E-state index is 0.297. The average Bonchev–Trinajstić information content (AvgIpc) is 2.47. The minimum atomic E-state index is -0.297. The zero-order valence-corrected chi connectivity index (χ0v) is 11.2. The van der Waals surface area contributed by atoms with E-state index < -0.39 is 0 Å². The molecule has 0 fully saturated rings. The Labute approximate surface area is 116 Å². The first-order valence-electron chi connectivity index (χ1n) is 5.89. The SMILES string of the molecule is COc1ccc(NC(=O)c2ccc(N)cc2OC)cn1. The second-order valence-corrected chi connectivity index (χ2v) is 4.00. The van der Waals surface area contributed by atoms with Crippen LogP contribution in [0.5, 0.6) is 11.6 Å². The summed E-state index contributed by atoms with van der Waals surface area (Å²) in [5.74, 6) is 0.603. The third-order valence-corrected chi connectivity index (χ3v) is 2.67. The zero-order valence-electron chi connectivity index (χ0n) is 11.2. The van der Waals surface area contributed by atoms with Crippen molar-refractivity contribution in [3.05, 3.63) is 42.1 Å². The van der Waals surface area contributed by atoms with E-state index in [0.29, 0.717) is 28.6 Å². The fourth-order valence-electron chi connectivity index (χ4n) is 1.67. The Balaban J connectivity index is 2.19. The number of hydrogen-bond donors (Lipinski definition) is 2. The maximum Gasteiger partial charge on any atom is 0.259 e. The van der Waals surface area contributed by atoms with Crippen LogP contribution in [0.1, 0.15) is 10.4 Å². The number of nitrogens with one attached hydrogen (secondary N) is 1. The lowest BCUT2D eigenvalue weighted by Crippen LogP contribution is -2.13. The number of rotatable bonds is 4. The Morgan fingerprint density at radius 2 is 2.00 bits per heavy atom. The summed E-state index contributed by atoms with van der Waals surface area (Å²) in [5, 5.41) is 2.73. The number of carbonyl (C=O) groups is 1. The Morgan fingerprint density at radius 3 is 2.60 bits per heavy atom. The van der Waals surface area contributed by atoms with Crippen LogP contribution in [-0.2, 0) is 0 Å². The average molecular weight is 273 g/mol. The summed E-state index contributed by atoms with van der Waals surface area (Å²) in [6.07, 6.45) is 1.51. The van der Waals surface area contributed by atoms with Crippen molar-refractivity contribution in [3.63, 3.8) is 0 Å². The molecule has 0 unspecified atom stereocenters. The molecule has 1 heterocycles. The summed E-state index contributed by atoms with van der Waals surface area (Å²) in [4.78, 5) is 16.2. The molecule has 1 aromatic carbocycles. The van der Waals surface area contributed by atoms with Gasteiger partial charge in [0.05, 0.1) is 31.7 Å². The molecule has 3 N–H and O–H groups in total. The van der Waals surface area contributed by atoms with Gasteiger partial charge in [0.1, 0.15) is 5.75 Å². The summed E-state index contributed by atoms with van der Waals surface area (Å²) in [6, 6.07) is 8.22. The molecule has 2 rings (SSSR count). The van der Waals surface area contributed by atoms with Crippen LogP contribution in [-0.4, -0.2) is 25.1 Å². The number of pyridine rings is 1. The first kappa shape index (κ1) is 13.7. The molecule has 0 atom stereocenters. The first-order valence-corrected chi connectivity index (χ1v) is 5.89. The predicted octanol–water partition coefficient (Wildman–Crippen LogP) is 1.93. The largest absolute Gasteiger partial charge is 0.496 e. The highest BCUT2D eigenvalue weighted by atomic mass is 16.5. The fraction of sp³-hybridized carbons (Fsp3) is 0.143. The van der Waals surface area contributed by atoms with Gasteiger partial charge in [0.25, 0.3) is 5.91 Å². The highest BCUT2D eigenvalue weighted by Gasteiger charge is 2.12. The van der Waals surface area contributed by atoms with Gasteiger partial charge in [0.2, 0.25) is 5.88 Å². The molecule has 0 saturated carbocycles. The van der Waals surface area contributed by atoms with E-state index in [2.05, 4.69) is 10.3 Å². The van der Waals surface area contributed by atoms with Gasteiger partial charge >= 0.3 is 0 Å². The highest BCUT2D eigenvalue weighted by molar-refractivity contribution is 6.06. The van der Waals surface area contributed by atoms with E-state index in [0.717, 1.165) is 0 Å². The molecule has 0 saturated heterocycles. The van der Waals surface area contributed by atoms with Gasteiger partial charge in [0, 0.05) is 17.8 Å². The van der Waals surface area contributed by atoms with E-state index in [1.54, 1.807) is 30.3 Å². The normalized spacial score (nSPS) is 9.90. The van der Waals surface area contributed by atoms with E-state index in [4.69, 9.17) is 15.2 Å². The quantitative estimate of drug-likeness (QED) is 0.831. The molecule has 6 heteroatoms. The molecule has 0 spiro atoms. The van der Waals surface area contributed by atoms with Gasteiger partial charge in [-0.1, -0.05) is 0 Å². The Kier molecular flexibility index (Phi) is 4.05. The molecule has 6 nitrogen and oxygen atoms in total. The van der Waals surface area contributed by atoms with Crippen molar-refractivity contribution in [1.82, 2.24) is 4.98 Å². The van der Waals surface area contributed by atoms with Gasteiger partial charge in [-0.2, -0.15) is 0 Å². The lowest BCUT2D eigenvalue weighted by molar-refractivity contribution is 0.102. The fourth-order valence-corrected chi connectivity index (χ4v) is 1.67. The van der Waals surface area contributed by atoms with Gasteiger partial charge in [-0.25, -0.2) is 4.98 Å². The maximum atomic E-state index is 12.2. The molecule has 0 radical (unpaired) electrons. The Bertz CT molecular complexity index is 612. The molecule has 0 bridgehead atoms. The van der Waals surface area contributed by atoms with Crippen LogP contribution in [0.3, 0.4) is 0 Å². The number of methoxy groups -OCH3 is 2. The smallest absolute Gasteiger partial charge is 0.259 e. The third-order valence-electron chi connectivity index (χ3n) is 2.67. The highest BCUT2D eigenvalue weighted by Crippen LogP contribution is 2.22. The predicted molar refractivity (Wildman–Crippen MR) is 76.1 cm³/mol. The molecule has 1 amide bonds. The number of anilines is 2. The molecule has 0 aliphatic heterocycles. The van der Waals surface area contributed by atoms with Crippen molar-refractivity contribution in [2.24, 2.45) is 0 Å². The van der Waals surface area contributed by atoms with Gasteiger partial charge < -0.3 is 20.5 Å². The van der Waals surface area contributed by atoms with Crippen molar-refractivity contribution >= 4 is 17.3 Å². The maximum absolute atomic E-state index is 12.2. The number of amides is 1. The second kappa shape index (κ2) is 5.92. The second-order valence-electron chi connectivity index (χ2n) is 4.00. The number of aromatic nitrogens is 1. The van der Waals surface area contributed by atoms with Gasteiger partial charge in [-0.3, -0.25) is 4.79 Å². The van der Waals surface area contributed by atoms with Crippen molar-refractivity contribution in [2.45, 2.75) is 0 Å². The van der Waals surface area contributed by atoms with E-state index >= 15 is 0 Å². The summed E-state index contributed by atoms with van der Waals surface area (Å²) < 4.78 is 10.1. The molecule has 0 aliphatic carbocycles. The van der Waals surface area contributed by atoms with Crippen LogP contribution < -0.4 is 20.5 Å². The number of carbonyl (C=O) groups excluding carboxylic acids is 1. The molecule has 1 aromatic heterocycles. The standard InChI is InChI=1S/C14H15N3O3/c1-19-12-7-9(15)3-5-11(12)14(18)17-10-4-6-13(20-2)16-8-10/h3-8H,15H2,1-2H3,(H,17,18). The van der Waals surface area contributed by atoms with Crippen LogP contribution in [0.25, 0.3) is 0 Å². The van der Waals surface area contributed by atoms with Gasteiger partial charge in [-0.05, 0) is 18.2 Å². The van der Waals surface area contributed by atoms with E-state index in [1.807, 2.05) is 0 Å². The first-order chi connectivity index (χ1) is 9.63. The molecule has 0 aliphatic rings. The topological polar surface area (TPSA) is 86.5 Å². The monoisotopic (exact) mass is 273 g/mol. The van der Waals surface area contributed by atoms with Crippen LogP contribution in [0.2, 0.25) is 0 Å². The van der Waals surface area contributed by atoms with E-state index in [-0.39, 0.29) is 5.91 Å². The van der Waals surface area contributed by atoms with E-state index in [1.165, 1.54) is 20.4 Å². The lowest BCUT2D eigenvalue weighted by Gasteiger charge is -2.10. The molecular formula is C14H15N3O3. The molecular weight excluding hydrogens is 258 g/mol. The number of hydrogen-bond acceptors (Lipinski definition) is 5. The number of benzene rings is 1. The van der Waals surface area contributed by atoms with Gasteiger partial charge in [0.15, 0.2) is 0 Å². The summed E-state index contributed by atoms with van der Waals surface area (Å²) in [6.45, 7) is 0. The Morgan fingerprint density at radius 1 is 1.20 bits per heavy atom. The number of ether oxygens (including phenoxy) is 2. The third kappa shape index (κ3) is 2.97. The molecule has 20 heavy (non-hydrogen) atoms. The summed E-state index contributed by atoms with van der Waals surface area (Å²) in [7, 11) is 3.01.